The van der Waals surface area contributed by atoms with E-state index in [-0.39, 0.29) is 11.5 Å². The van der Waals surface area contributed by atoms with Crippen molar-refractivity contribution in [3.05, 3.63) is 64.7 Å². The Hall–Kier alpha value is -1.89. The minimum Gasteiger partial charge on any atom is -0.481 e. The van der Waals surface area contributed by atoms with Gasteiger partial charge in [-0.25, -0.2) is 8.42 Å². The van der Waals surface area contributed by atoms with Gasteiger partial charge in [-0.2, -0.15) is 0 Å². The van der Waals surface area contributed by atoms with Crippen LogP contribution < -0.4 is 0 Å². The second-order valence-corrected chi connectivity index (χ2v) is 9.09. The molecule has 1 fully saturated rings. The number of methoxy groups -OCH3 is 1. The number of hydrogen-bond acceptors (Lipinski definition) is 4. The average molecular weight is 395 g/mol. The first kappa shape index (κ1) is 18.9. The molecule has 0 amide bonds. The zero-order chi connectivity index (χ0) is 19.1. The lowest BCUT2D eigenvalue weighted by atomic mass is 10.0. The fraction of sp³-hybridized carbons (Fsp3) is 0.316. The number of rotatable bonds is 6. The van der Waals surface area contributed by atoms with Gasteiger partial charge in [-0.1, -0.05) is 41.4 Å². The molecule has 0 heterocycles. The Morgan fingerprint density at radius 1 is 1.15 bits per heavy atom. The zero-order valence-electron chi connectivity index (χ0n) is 14.3. The van der Waals surface area contributed by atoms with Gasteiger partial charge in [-0.05, 0) is 36.8 Å². The molecule has 3 rings (SSSR count). The van der Waals surface area contributed by atoms with Gasteiger partial charge in [-0.3, -0.25) is 4.79 Å². The first-order chi connectivity index (χ1) is 12.2. The van der Waals surface area contributed by atoms with Gasteiger partial charge in [0.1, 0.15) is 5.41 Å². The van der Waals surface area contributed by atoms with E-state index in [1.807, 2.05) is 6.92 Å². The molecule has 0 bridgehead atoms. The van der Waals surface area contributed by atoms with Crippen molar-refractivity contribution in [3.8, 4) is 0 Å². The van der Waals surface area contributed by atoms with Gasteiger partial charge < -0.3 is 9.84 Å². The first-order valence-electron chi connectivity index (χ1n) is 8.03. The second kappa shape index (κ2) is 6.68. The van der Waals surface area contributed by atoms with Crippen molar-refractivity contribution < 1.29 is 23.1 Å². The predicted octanol–water partition coefficient (Wildman–Crippen LogP) is 3.31. The van der Waals surface area contributed by atoms with Crippen molar-refractivity contribution >= 4 is 27.4 Å². The van der Waals surface area contributed by atoms with Gasteiger partial charge in [0.2, 0.25) is 0 Å². The molecule has 0 aliphatic heterocycles. The highest BCUT2D eigenvalue weighted by Gasteiger charge is 2.76. The van der Waals surface area contributed by atoms with E-state index < -0.39 is 32.4 Å². The summed E-state index contributed by atoms with van der Waals surface area (Å²) in [7, 11) is -2.49. The Bertz CT molecular complexity index is 921. The zero-order valence-corrected chi connectivity index (χ0v) is 15.9. The van der Waals surface area contributed by atoms with Gasteiger partial charge in [-0.15, -0.1) is 0 Å². The van der Waals surface area contributed by atoms with Crippen molar-refractivity contribution in [2.24, 2.45) is 5.41 Å². The summed E-state index contributed by atoms with van der Waals surface area (Å²) in [6.07, 6.45) is 0. The normalized spacial score (nSPS) is 25.0. The third-order valence-corrected chi connectivity index (χ3v) is 7.49. The van der Waals surface area contributed by atoms with E-state index in [4.69, 9.17) is 16.3 Å². The van der Waals surface area contributed by atoms with Crippen LogP contribution in [0.1, 0.15) is 17.0 Å². The minimum atomic E-state index is -3.86. The molecule has 1 aliphatic rings. The largest absolute Gasteiger partial charge is 0.481 e. The lowest BCUT2D eigenvalue weighted by Crippen LogP contribution is -2.28. The number of hydrogen-bond donors (Lipinski definition) is 1. The van der Waals surface area contributed by atoms with Crippen molar-refractivity contribution in [3.63, 3.8) is 0 Å². The van der Waals surface area contributed by atoms with E-state index in [9.17, 15) is 18.3 Å². The summed E-state index contributed by atoms with van der Waals surface area (Å²) in [5, 5.41) is 9.27. The highest BCUT2D eigenvalue weighted by Crippen LogP contribution is 2.64. The molecule has 1 N–H and O–H groups in total. The topological polar surface area (TPSA) is 80.7 Å². The van der Waals surface area contributed by atoms with Crippen LogP contribution in [0.5, 0.6) is 0 Å². The van der Waals surface area contributed by atoms with Crippen molar-refractivity contribution in [2.75, 3.05) is 13.7 Å². The summed E-state index contributed by atoms with van der Waals surface area (Å²) in [4.78, 5) is 12.2. The molecule has 0 saturated heterocycles. The molecular formula is C19H19ClO5S. The number of ether oxygens (including phenoxy) is 1. The molecule has 0 spiro atoms. The fourth-order valence-electron chi connectivity index (χ4n) is 3.60. The number of carboxylic acids is 1. The van der Waals surface area contributed by atoms with Gasteiger partial charge >= 0.3 is 5.97 Å². The summed E-state index contributed by atoms with van der Waals surface area (Å²) >= 11 is 5.91. The van der Waals surface area contributed by atoms with Crippen LogP contribution in [0.3, 0.4) is 0 Å². The Morgan fingerprint density at radius 3 is 2.23 bits per heavy atom. The Kier molecular flexibility index (Phi) is 4.86. The molecule has 1 aliphatic carbocycles. The van der Waals surface area contributed by atoms with Crippen molar-refractivity contribution in [1.29, 1.82) is 0 Å². The van der Waals surface area contributed by atoms with E-state index in [1.165, 1.54) is 19.2 Å². The molecule has 0 aromatic heterocycles. The van der Waals surface area contributed by atoms with Gasteiger partial charge in [0.15, 0.2) is 9.84 Å². The maximum Gasteiger partial charge on any atom is 0.314 e. The Labute approximate surface area is 157 Å². The minimum absolute atomic E-state index is 0.117. The highest BCUT2D eigenvalue weighted by molar-refractivity contribution is 7.92. The SMILES string of the molecule is COC[C@]1(C(=O)O)[C@H](c2ccc(Cl)cc2)[C@H]1S(=O)(=O)c1ccc(C)cc1. The number of carboxylic acid groups (broad SMARTS) is 1. The number of carbonyl (C=O) groups is 1. The standard InChI is InChI=1S/C19H19ClO5S/c1-12-3-9-15(10-4-12)26(23,24)17-16(13-5-7-14(20)8-6-13)19(17,11-25-2)18(21)22/h3-10,16-17H,11H2,1-2H3,(H,21,22)/t16-,17-,19+/m1/s1. The number of aryl methyl sites for hydroxylation is 1. The van der Waals surface area contributed by atoms with Crippen LogP contribution in [0.15, 0.2) is 53.4 Å². The van der Waals surface area contributed by atoms with E-state index in [0.717, 1.165) is 5.56 Å². The Morgan fingerprint density at radius 2 is 1.73 bits per heavy atom. The highest BCUT2D eigenvalue weighted by atomic mass is 35.5. The van der Waals surface area contributed by atoms with E-state index >= 15 is 0 Å². The summed E-state index contributed by atoms with van der Waals surface area (Å²) in [5.41, 5.74) is 0.0247. The van der Waals surface area contributed by atoms with Gasteiger partial charge in [0.05, 0.1) is 16.8 Å². The third-order valence-electron chi connectivity index (χ3n) is 4.95. The molecule has 3 atom stereocenters. The lowest BCUT2D eigenvalue weighted by Gasteiger charge is -2.12. The molecule has 0 radical (unpaired) electrons. The van der Waals surface area contributed by atoms with Crippen LogP contribution in [-0.2, 0) is 19.4 Å². The van der Waals surface area contributed by atoms with E-state index in [2.05, 4.69) is 0 Å². The molecule has 7 heteroatoms. The van der Waals surface area contributed by atoms with Crippen LogP contribution in [0, 0.1) is 12.3 Å². The van der Waals surface area contributed by atoms with E-state index in [1.54, 1.807) is 36.4 Å². The van der Waals surface area contributed by atoms with E-state index in [0.29, 0.717) is 10.6 Å². The summed E-state index contributed by atoms with van der Waals surface area (Å²) < 4.78 is 31.5. The second-order valence-electron chi connectivity index (χ2n) is 6.59. The first-order valence-corrected chi connectivity index (χ1v) is 9.96. The van der Waals surface area contributed by atoms with Crippen LogP contribution in [0.2, 0.25) is 5.02 Å². The molecule has 0 unspecified atom stereocenters. The van der Waals surface area contributed by atoms with Gasteiger partial charge in [0.25, 0.3) is 0 Å². The van der Waals surface area contributed by atoms with Crippen molar-refractivity contribution in [2.45, 2.75) is 23.0 Å². The maximum atomic E-state index is 13.2. The lowest BCUT2D eigenvalue weighted by molar-refractivity contribution is -0.145. The van der Waals surface area contributed by atoms with Crippen molar-refractivity contribution in [1.82, 2.24) is 0 Å². The van der Waals surface area contributed by atoms with Crippen LogP contribution in [-0.4, -0.2) is 38.5 Å². The summed E-state index contributed by atoms with van der Waals surface area (Å²) in [5.74, 6) is -1.89. The number of benzene rings is 2. The number of aliphatic carboxylic acids is 1. The monoisotopic (exact) mass is 394 g/mol. The van der Waals surface area contributed by atoms with Crippen LogP contribution >= 0.6 is 11.6 Å². The third kappa shape index (κ3) is 2.92. The molecule has 5 nitrogen and oxygen atoms in total. The average Bonchev–Trinajstić information content (AvgIpc) is 3.27. The van der Waals surface area contributed by atoms with Gasteiger partial charge in [0, 0.05) is 18.1 Å². The van der Waals surface area contributed by atoms with Crippen LogP contribution in [0.4, 0.5) is 0 Å². The number of halogens is 1. The van der Waals surface area contributed by atoms with Crippen LogP contribution in [0.25, 0.3) is 0 Å². The molecule has 26 heavy (non-hydrogen) atoms. The quantitative estimate of drug-likeness (QED) is 0.812. The molecule has 1 saturated carbocycles. The Balaban J connectivity index is 2.11. The predicted molar refractivity (Wildman–Crippen MR) is 98.3 cm³/mol. The summed E-state index contributed by atoms with van der Waals surface area (Å²) in [6.45, 7) is 1.67. The molecule has 138 valence electrons. The number of sulfone groups is 1. The molecule has 2 aromatic rings. The fourth-order valence-corrected chi connectivity index (χ4v) is 6.09. The molecule has 2 aromatic carbocycles. The molecular weight excluding hydrogens is 376 g/mol. The summed E-state index contributed by atoms with van der Waals surface area (Å²) in [6, 6.07) is 13.0. The smallest absolute Gasteiger partial charge is 0.314 e. The maximum absolute atomic E-state index is 13.2.